The number of nitrogens with one attached hydrogen (secondary N) is 1. The van der Waals surface area contributed by atoms with Gasteiger partial charge in [0.1, 0.15) is 28.8 Å². The molecule has 0 aliphatic rings. The Hall–Kier alpha value is -3.71. The van der Waals surface area contributed by atoms with Gasteiger partial charge in [-0.3, -0.25) is 9.78 Å². The Labute approximate surface area is 197 Å². The lowest BCUT2D eigenvalue weighted by atomic mass is 10.0. The van der Waals surface area contributed by atoms with E-state index in [9.17, 15) is 4.79 Å². The number of rotatable bonds is 10. The molecular weight excluding hydrogens is 434 g/mol. The molecular formula is C26H25N3O3S. The van der Waals surface area contributed by atoms with Gasteiger partial charge in [-0.15, -0.1) is 11.3 Å². The molecule has 0 bridgehead atoms. The van der Waals surface area contributed by atoms with E-state index in [-0.39, 0.29) is 5.91 Å². The molecule has 0 fully saturated rings. The van der Waals surface area contributed by atoms with Crippen molar-refractivity contribution < 1.29 is 14.3 Å². The Morgan fingerprint density at radius 1 is 1.03 bits per heavy atom. The first kappa shape index (κ1) is 22.5. The Balaban J connectivity index is 1.36. The van der Waals surface area contributed by atoms with E-state index in [1.165, 1.54) is 16.9 Å². The summed E-state index contributed by atoms with van der Waals surface area (Å²) in [6, 6.07) is 19.9. The molecule has 7 heteroatoms. The van der Waals surface area contributed by atoms with Crippen molar-refractivity contribution in [2.24, 2.45) is 0 Å². The van der Waals surface area contributed by atoms with E-state index >= 15 is 0 Å². The third-order valence-corrected chi connectivity index (χ3v) is 5.93. The molecule has 2 aromatic carbocycles. The summed E-state index contributed by atoms with van der Waals surface area (Å²) in [7, 11) is 1.66. The Morgan fingerprint density at radius 3 is 2.67 bits per heavy atom. The minimum atomic E-state index is -0.214. The maximum atomic E-state index is 12.4. The summed E-state index contributed by atoms with van der Waals surface area (Å²) in [5.41, 5.74) is 3.67. The lowest BCUT2D eigenvalue weighted by molar-refractivity contribution is 0.0946. The lowest BCUT2D eigenvalue weighted by Crippen LogP contribution is -2.23. The van der Waals surface area contributed by atoms with Gasteiger partial charge in [-0.2, -0.15) is 0 Å². The van der Waals surface area contributed by atoms with Gasteiger partial charge in [-0.05, 0) is 53.8 Å². The number of methoxy groups -OCH3 is 1. The van der Waals surface area contributed by atoms with Gasteiger partial charge in [-0.25, -0.2) is 4.98 Å². The molecule has 2 heterocycles. The van der Waals surface area contributed by atoms with Gasteiger partial charge in [-0.1, -0.05) is 36.4 Å². The van der Waals surface area contributed by atoms with Crippen LogP contribution in [-0.4, -0.2) is 23.0 Å². The molecule has 0 unspecified atom stereocenters. The molecule has 0 aliphatic heterocycles. The zero-order valence-electron chi connectivity index (χ0n) is 18.4. The number of nitrogens with zero attached hydrogens (tertiary/aromatic N) is 2. The predicted molar refractivity (Wildman–Crippen MR) is 129 cm³/mol. The fourth-order valence-corrected chi connectivity index (χ4v) is 4.02. The van der Waals surface area contributed by atoms with Crippen LogP contribution in [0.25, 0.3) is 0 Å². The van der Waals surface area contributed by atoms with Crippen LogP contribution in [0.5, 0.6) is 11.5 Å². The molecule has 0 saturated heterocycles. The van der Waals surface area contributed by atoms with Gasteiger partial charge in [0.15, 0.2) is 0 Å². The highest BCUT2D eigenvalue weighted by Crippen LogP contribution is 2.27. The SMILES string of the molecule is COc1ccc(OCc2nc(C(=O)NCc3cccnc3)cs2)c(CCc2ccccc2)c1. The first-order valence-electron chi connectivity index (χ1n) is 10.7. The molecule has 6 nitrogen and oxygen atoms in total. The van der Waals surface area contributed by atoms with Gasteiger partial charge >= 0.3 is 0 Å². The highest BCUT2D eigenvalue weighted by Gasteiger charge is 2.12. The largest absolute Gasteiger partial charge is 0.497 e. The average Bonchev–Trinajstić information content (AvgIpc) is 3.35. The van der Waals surface area contributed by atoms with Crippen molar-refractivity contribution in [1.82, 2.24) is 15.3 Å². The van der Waals surface area contributed by atoms with Gasteiger partial charge in [0, 0.05) is 24.3 Å². The van der Waals surface area contributed by atoms with Crippen LogP contribution >= 0.6 is 11.3 Å². The first-order chi connectivity index (χ1) is 16.2. The van der Waals surface area contributed by atoms with Crippen molar-refractivity contribution in [2.75, 3.05) is 7.11 Å². The second-order valence-corrected chi connectivity index (χ2v) is 8.36. The smallest absolute Gasteiger partial charge is 0.271 e. The van der Waals surface area contributed by atoms with Crippen molar-refractivity contribution in [3.63, 3.8) is 0 Å². The standard InChI is InChI=1S/C26H25N3O3S/c1-31-22-11-12-24(21(14-22)10-9-19-6-3-2-4-7-19)32-17-25-29-23(18-33-25)26(30)28-16-20-8-5-13-27-15-20/h2-8,11-15,18H,9-10,16-17H2,1H3,(H,28,30). The van der Waals surface area contributed by atoms with E-state index in [0.29, 0.717) is 18.8 Å². The van der Waals surface area contributed by atoms with Crippen LogP contribution in [0.4, 0.5) is 0 Å². The van der Waals surface area contributed by atoms with Crippen LogP contribution in [0.1, 0.15) is 32.2 Å². The summed E-state index contributed by atoms with van der Waals surface area (Å²) in [5.74, 6) is 1.38. The van der Waals surface area contributed by atoms with E-state index in [2.05, 4.69) is 27.4 Å². The van der Waals surface area contributed by atoms with Crippen molar-refractivity contribution in [1.29, 1.82) is 0 Å². The average molecular weight is 460 g/mol. The number of carbonyl (C=O) groups excluding carboxylic acids is 1. The third-order valence-electron chi connectivity index (χ3n) is 5.10. The van der Waals surface area contributed by atoms with Crippen molar-refractivity contribution in [2.45, 2.75) is 26.0 Å². The fourth-order valence-electron chi connectivity index (χ4n) is 3.34. The minimum Gasteiger partial charge on any atom is -0.497 e. The molecule has 1 amide bonds. The first-order valence-corrected chi connectivity index (χ1v) is 11.5. The monoisotopic (exact) mass is 459 g/mol. The summed E-state index contributed by atoms with van der Waals surface area (Å²) in [5, 5.41) is 5.36. The van der Waals surface area contributed by atoms with Crippen LogP contribution < -0.4 is 14.8 Å². The van der Waals surface area contributed by atoms with Crippen LogP contribution in [-0.2, 0) is 26.0 Å². The van der Waals surface area contributed by atoms with Crippen molar-refractivity contribution >= 4 is 17.2 Å². The number of amides is 1. The topological polar surface area (TPSA) is 73.3 Å². The third kappa shape index (κ3) is 6.40. The van der Waals surface area contributed by atoms with Crippen LogP contribution in [0, 0.1) is 0 Å². The molecule has 1 N–H and O–H groups in total. The number of pyridine rings is 1. The Bertz CT molecular complexity index is 1180. The number of thiazole rings is 1. The van der Waals surface area contributed by atoms with Gasteiger partial charge in [0.05, 0.1) is 7.11 Å². The normalized spacial score (nSPS) is 10.6. The van der Waals surface area contributed by atoms with E-state index in [1.54, 1.807) is 24.9 Å². The maximum absolute atomic E-state index is 12.4. The highest BCUT2D eigenvalue weighted by molar-refractivity contribution is 7.09. The van der Waals surface area contributed by atoms with Gasteiger partial charge in [0.25, 0.3) is 5.91 Å². The molecule has 168 valence electrons. The Morgan fingerprint density at radius 2 is 1.88 bits per heavy atom. The highest BCUT2D eigenvalue weighted by atomic mass is 32.1. The van der Waals surface area contributed by atoms with Crippen molar-refractivity contribution in [3.05, 3.63) is 106 Å². The zero-order chi connectivity index (χ0) is 22.9. The predicted octanol–water partition coefficient (Wildman–Crippen LogP) is 4.84. The second-order valence-electron chi connectivity index (χ2n) is 7.42. The summed E-state index contributed by atoms with van der Waals surface area (Å²) >= 11 is 1.41. The summed E-state index contributed by atoms with van der Waals surface area (Å²) < 4.78 is 11.5. The van der Waals surface area contributed by atoms with E-state index in [1.807, 2.05) is 48.5 Å². The second kappa shape index (κ2) is 11.2. The zero-order valence-corrected chi connectivity index (χ0v) is 19.2. The Kier molecular flexibility index (Phi) is 7.66. The molecule has 2 aromatic heterocycles. The number of benzene rings is 2. The van der Waals surface area contributed by atoms with E-state index in [4.69, 9.17) is 9.47 Å². The number of aromatic nitrogens is 2. The molecule has 33 heavy (non-hydrogen) atoms. The molecule has 4 rings (SSSR count). The molecule has 4 aromatic rings. The van der Waals surface area contributed by atoms with Crippen molar-refractivity contribution in [3.8, 4) is 11.5 Å². The quantitative estimate of drug-likeness (QED) is 0.367. The molecule has 0 spiro atoms. The number of ether oxygens (including phenoxy) is 2. The molecule has 0 atom stereocenters. The number of hydrogen-bond donors (Lipinski definition) is 1. The summed E-state index contributed by atoms with van der Waals surface area (Å²) in [4.78, 5) is 20.9. The van der Waals surface area contributed by atoms with Gasteiger partial charge in [0.2, 0.25) is 0 Å². The molecule has 0 aliphatic carbocycles. The fraction of sp³-hybridized carbons (Fsp3) is 0.192. The number of carbonyl (C=O) groups is 1. The lowest BCUT2D eigenvalue weighted by Gasteiger charge is -2.12. The van der Waals surface area contributed by atoms with E-state index < -0.39 is 0 Å². The maximum Gasteiger partial charge on any atom is 0.271 e. The van der Waals surface area contributed by atoms with Crippen LogP contribution in [0.2, 0.25) is 0 Å². The summed E-state index contributed by atoms with van der Waals surface area (Å²) in [6.45, 7) is 0.706. The van der Waals surface area contributed by atoms with Crippen LogP contribution in [0.3, 0.4) is 0 Å². The number of hydrogen-bond acceptors (Lipinski definition) is 6. The van der Waals surface area contributed by atoms with E-state index in [0.717, 1.165) is 40.5 Å². The minimum absolute atomic E-state index is 0.214. The molecule has 0 saturated carbocycles. The van der Waals surface area contributed by atoms with Crippen LogP contribution in [0.15, 0.2) is 78.4 Å². The molecule has 0 radical (unpaired) electrons. The van der Waals surface area contributed by atoms with Gasteiger partial charge < -0.3 is 14.8 Å². The number of aryl methyl sites for hydroxylation is 2. The summed E-state index contributed by atoms with van der Waals surface area (Å²) in [6.07, 6.45) is 5.16.